The van der Waals surface area contributed by atoms with E-state index in [0.717, 1.165) is 22.3 Å². The molecular weight excluding hydrogens is 320 g/mol. The quantitative estimate of drug-likeness (QED) is 0.741. The zero-order chi connectivity index (χ0) is 17.6. The molecule has 3 aliphatic rings. The van der Waals surface area contributed by atoms with Gasteiger partial charge in [-0.25, -0.2) is 4.79 Å². The first-order valence-corrected chi connectivity index (χ1v) is 7.86. The maximum absolute atomic E-state index is 11.7. The summed E-state index contributed by atoms with van der Waals surface area (Å²) in [6.07, 6.45) is 2.61. The highest BCUT2D eigenvalue weighted by molar-refractivity contribution is 5.92. The Morgan fingerprint density at radius 1 is 1.08 bits per heavy atom. The average Bonchev–Trinajstić information content (AvgIpc) is 2.59. The Balaban J connectivity index is 2.08. The SMILES string of the molecule is O=C(O)c1cccc(-c2c3ccc(=O)cc-3oc3c2CCC(O)=C3)c1. The van der Waals surface area contributed by atoms with Crippen LogP contribution in [0.25, 0.3) is 28.5 Å². The van der Waals surface area contributed by atoms with E-state index < -0.39 is 5.97 Å². The van der Waals surface area contributed by atoms with Crippen LogP contribution in [-0.2, 0) is 6.42 Å². The largest absolute Gasteiger partial charge is 0.512 e. The summed E-state index contributed by atoms with van der Waals surface area (Å²) in [5, 5.41) is 19.1. The Bertz CT molecular complexity index is 1060. The molecule has 5 nitrogen and oxygen atoms in total. The lowest BCUT2D eigenvalue weighted by molar-refractivity contribution is 0.0697. The van der Waals surface area contributed by atoms with Gasteiger partial charge < -0.3 is 14.6 Å². The molecule has 0 fully saturated rings. The van der Waals surface area contributed by atoms with E-state index in [-0.39, 0.29) is 16.8 Å². The van der Waals surface area contributed by atoms with Gasteiger partial charge in [0, 0.05) is 29.7 Å². The smallest absolute Gasteiger partial charge is 0.335 e. The molecule has 0 unspecified atom stereocenters. The Hall–Kier alpha value is -3.34. The summed E-state index contributed by atoms with van der Waals surface area (Å²) in [4.78, 5) is 23.0. The average molecular weight is 334 g/mol. The fourth-order valence-corrected chi connectivity index (χ4v) is 3.24. The van der Waals surface area contributed by atoms with Gasteiger partial charge in [0.2, 0.25) is 0 Å². The molecule has 0 radical (unpaired) electrons. The van der Waals surface area contributed by atoms with E-state index in [4.69, 9.17) is 4.42 Å². The first-order chi connectivity index (χ1) is 12.0. The number of hydrogen-bond donors (Lipinski definition) is 2. The van der Waals surface area contributed by atoms with Crippen molar-refractivity contribution in [2.75, 3.05) is 0 Å². The maximum Gasteiger partial charge on any atom is 0.335 e. The van der Waals surface area contributed by atoms with Crippen LogP contribution in [0.3, 0.4) is 0 Å². The standard InChI is InChI=1S/C20H14O5/c21-13-4-6-15-17(9-13)25-18-10-14(22)5-7-16(18)19(15)11-2-1-3-12(8-11)20(23)24/h1-4,6,8-10,22H,5,7H2,(H,23,24). The lowest BCUT2D eigenvalue weighted by atomic mass is 9.87. The summed E-state index contributed by atoms with van der Waals surface area (Å²) in [5.41, 5.74) is 3.23. The fraction of sp³-hybridized carbons (Fsp3) is 0.100. The second kappa shape index (κ2) is 5.63. The molecule has 0 bridgehead atoms. The number of carbonyl (C=O) groups is 1. The van der Waals surface area contributed by atoms with Crippen LogP contribution < -0.4 is 5.43 Å². The summed E-state index contributed by atoms with van der Waals surface area (Å²) in [6.45, 7) is 0. The summed E-state index contributed by atoms with van der Waals surface area (Å²) in [5.74, 6) is 0.129. The van der Waals surface area contributed by atoms with Crippen molar-refractivity contribution in [1.29, 1.82) is 0 Å². The lowest BCUT2D eigenvalue weighted by Gasteiger charge is -2.21. The summed E-state index contributed by atoms with van der Waals surface area (Å²) < 4.78 is 5.82. The molecule has 5 heteroatoms. The Morgan fingerprint density at radius 3 is 2.72 bits per heavy atom. The normalized spacial score (nSPS) is 13.4. The molecule has 0 amide bonds. The summed E-state index contributed by atoms with van der Waals surface area (Å²) in [6, 6.07) is 11.2. The van der Waals surface area contributed by atoms with Gasteiger partial charge in [0.15, 0.2) is 5.43 Å². The van der Waals surface area contributed by atoms with Gasteiger partial charge in [0.05, 0.1) is 11.3 Å². The number of aliphatic hydroxyl groups is 1. The molecular formula is C20H14O5. The van der Waals surface area contributed by atoms with Crippen molar-refractivity contribution in [3.05, 3.63) is 75.3 Å². The summed E-state index contributed by atoms with van der Waals surface area (Å²) >= 11 is 0. The zero-order valence-corrected chi connectivity index (χ0v) is 13.2. The van der Waals surface area contributed by atoms with Crippen LogP contribution in [0, 0.1) is 0 Å². The first kappa shape index (κ1) is 15.2. The van der Waals surface area contributed by atoms with Gasteiger partial charge in [-0.1, -0.05) is 12.1 Å². The first-order valence-electron chi connectivity index (χ1n) is 7.86. The molecule has 1 heterocycles. The number of aromatic carboxylic acids is 1. The van der Waals surface area contributed by atoms with Gasteiger partial charge >= 0.3 is 5.97 Å². The van der Waals surface area contributed by atoms with E-state index in [2.05, 4.69) is 0 Å². The molecule has 2 N–H and O–H groups in total. The number of carboxylic acids is 1. The highest BCUT2D eigenvalue weighted by Crippen LogP contribution is 2.41. The molecule has 1 aromatic rings. The van der Waals surface area contributed by atoms with Crippen LogP contribution in [-0.4, -0.2) is 16.2 Å². The van der Waals surface area contributed by atoms with Crippen molar-refractivity contribution >= 4 is 12.0 Å². The van der Waals surface area contributed by atoms with Crippen LogP contribution in [0.1, 0.15) is 28.1 Å². The number of hydrogen-bond acceptors (Lipinski definition) is 4. The molecule has 4 rings (SSSR count). The van der Waals surface area contributed by atoms with Crippen molar-refractivity contribution in [3.8, 4) is 22.5 Å². The highest BCUT2D eigenvalue weighted by atomic mass is 16.4. The second-order valence-corrected chi connectivity index (χ2v) is 6.00. The van der Waals surface area contributed by atoms with Gasteiger partial charge in [-0.15, -0.1) is 0 Å². The van der Waals surface area contributed by atoms with Crippen LogP contribution >= 0.6 is 0 Å². The van der Waals surface area contributed by atoms with Crippen LogP contribution in [0.4, 0.5) is 0 Å². The molecule has 124 valence electrons. The third-order valence-corrected chi connectivity index (χ3v) is 4.37. The van der Waals surface area contributed by atoms with Crippen molar-refractivity contribution < 1.29 is 19.4 Å². The number of aliphatic hydroxyl groups excluding tert-OH is 1. The van der Waals surface area contributed by atoms with Gasteiger partial charge in [0.25, 0.3) is 0 Å². The van der Waals surface area contributed by atoms with E-state index >= 15 is 0 Å². The molecule has 1 aliphatic heterocycles. The molecule has 0 spiro atoms. The Kier molecular flexibility index (Phi) is 3.42. The minimum absolute atomic E-state index is 0.176. The lowest BCUT2D eigenvalue weighted by Crippen LogP contribution is -2.07. The zero-order valence-electron chi connectivity index (χ0n) is 13.2. The van der Waals surface area contributed by atoms with Gasteiger partial charge in [-0.3, -0.25) is 4.79 Å². The van der Waals surface area contributed by atoms with Crippen molar-refractivity contribution in [1.82, 2.24) is 0 Å². The van der Waals surface area contributed by atoms with E-state index in [1.165, 1.54) is 18.2 Å². The van der Waals surface area contributed by atoms with Crippen LogP contribution in [0.2, 0.25) is 0 Å². The van der Waals surface area contributed by atoms with E-state index in [1.807, 2.05) is 6.07 Å². The van der Waals surface area contributed by atoms with E-state index in [1.54, 1.807) is 24.3 Å². The van der Waals surface area contributed by atoms with Gasteiger partial charge in [-0.2, -0.15) is 0 Å². The van der Waals surface area contributed by atoms with Crippen molar-refractivity contribution in [2.24, 2.45) is 0 Å². The molecule has 2 aliphatic carbocycles. The highest BCUT2D eigenvalue weighted by Gasteiger charge is 2.24. The topological polar surface area (TPSA) is 87.7 Å². The predicted octanol–water partition coefficient (Wildman–Crippen LogP) is 3.95. The second-order valence-electron chi connectivity index (χ2n) is 6.00. The minimum Gasteiger partial charge on any atom is -0.512 e. The van der Waals surface area contributed by atoms with E-state index in [0.29, 0.717) is 24.4 Å². The monoisotopic (exact) mass is 334 g/mol. The number of benzene rings is 2. The molecule has 25 heavy (non-hydrogen) atoms. The van der Waals surface area contributed by atoms with Crippen LogP contribution in [0.5, 0.6) is 0 Å². The summed E-state index contributed by atoms with van der Waals surface area (Å²) in [7, 11) is 0. The number of fused-ring (bicyclic) bond motifs is 2. The van der Waals surface area contributed by atoms with Crippen molar-refractivity contribution in [3.63, 3.8) is 0 Å². The van der Waals surface area contributed by atoms with Crippen LogP contribution in [0.15, 0.2) is 57.4 Å². The Labute approximate surface area is 142 Å². The van der Waals surface area contributed by atoms with E-state index in [9.17, 15) is 19.8 Å². The molecule has 0 atom stereocenters. The van der Waals surface area contributed by atoms with Crippen molar-refractivity contribution in [2.45, 2.75) is 12.8 Å². The fourth-order valence-electron chi connectivity index (χ4n) is 3.24. The minimum atomic E-state index is -1.000. The number of allylic oxidation sites excluding steroid dienone is 1. The number of rotatable bonds is 2. The van der Waals surface area contributed by atoms with Gasteiger partial charge in [0.1, 0.15) is 11.5 Å². The Morgan fingerprint density at radius 2 is 1.92 bits per heavy atom. The van der Waals surface area contributed by atoms with Gasteiger partial charge in [-0.05, 0) is 41.8 Å². The molecule has 1 aromatic carbocycles. The maximum atomic E-state index is 11.7. The third kappa shape index (κ3) is 2.59. The number of carboxylic acid groups (broad SMARTS) is 1. The molecule has 0 aromatic heterocycles. The molecule has 0 saturated carbocycles. The third-order valence-electron chi connectivity index (χ3n) is 4.37. The predicted molar refractivity (Wildman–Crippen MR) is 92.9 cm³/mol. The molecule has 0 saturated heterocycles.